The summed E-state index contributed by atoms with van der Waals surface area (Å²) in [6.07, 6.45) is -2.77. The van der Waals surface area contributed by atoms with Gasteiger partial charge < -0.3 is 0 Å². The molecule has 3 rings (SSSR count). The van der Waals surface area contributed by atoms with Crippen LogP contribution in [0.1, 0.15) is 27.4 Å². The number of carbonyl (C=O) groups excluding carboxylic acids is 1. The lowest BCUT2D eigenvalue weighted by atomic mass is 10.2. The van der Waals surface area contributed by atoms with Crippen LogP contribution in [-0.2, 0) is 15.8 Å². The van der Waals surface area contributed by atoms with Gasteiger partial charge in [0.2, 0.25) is 15.2 Å². The molecule has 0 unspecified atom stereocenters. The van der Waals surface area contributed by atoms with E-state index in [0.29, 0.717) is 16.9 Å². The van der Waals surface area contributed by atoms with Gasteiger partial charge in [-0.1, -0.05) is 47.7 Å². The predicted molar refractivity (Wildman–Crippen MR) is 102 cm³/mol. The lowest BCUT2D eigenvalue weighted by molar-refractivity contribution is 0.102. The zero-order valence-electron chi connectivity index (χ0n) is 14.2. The van der Waals surface area contributed by atoms with Gasteiger partial charge in [0.1, 0.15) is 0 Å². The van der Waals surface area contributed by atoms with Gasteiger partial charge in [-0.3, -0.25) is 14.8 Å². The highest BCUT2D eigenvalue weighted by Gasteiger charge is 2.17. The molecule has 0 radical (unpaired) electrons. The van der Waals surface area contributed by atoms with Crippen molar-refractivity contribution in [3.8, 4) is 0 Å². The minimum atomic E-state index is -3.68. The van der Waals surface area contributed by atoms with Crippen molar-refractivity contribution < 1.29 is 22.0 Å². The molecule has 1 aromatic heterocycles. The number of hydrogen-bond acceptors (Lipinski definition) is 6. The molecule has 2 aromatic carbocycles. The third-order valence-corrected chi connectivity index (χ3v) is 5.55. The highest BCUT2D eigenvalue weighted by molar-refractivity contribution is 7.91. The van der Waals surface area contributed by atoms with Gasteiger partial charge in [0.25, 0.3) is 12.3 Å². The molecule has 3 aromatic rings. The lowest BCUT2D eigenvalue weighted by Crippen LogP contribution is -2.16. The monoisotopic (exact) mass is 424 g/mol. The fraction of sp³-hybridized carbons (Fsp3) is 0.118. The summed E-state index contributed by atoms with van der Waals surface area (Å²) in [6, 6.07) is 14.4. The maximum absolute atomic E-state index is 12.5. The summed E-state index contributed by atoms with van der Waals surface area (Å²) in [7, 11) is -3.68. The Morgan fingerprint density at radius 1 is 1.07 bits per heavy atom. The summed E-state index contributed by atoms with van der Waals surface area (Å²) >= 11 is 0.564. The van der Waals surface area contributed by atoms with Gasteiger partial charge in [0, 0.05) is 11.3 Å². The Hall–Kier alpha value is -2.92. The number of rotatable bonds is 7. The Kier molecular flexibility index (Phi) is 5.95. The number of amides is 1. The fourth-order valence-electron chi connectivity index (χ4n) is 2.28. The van der Waals surface area contributed by atoms with Gasteiger partial charge in [-0.05, 0) is 23.8 Å². The molecule has 0 atom stereocenters. The number of nitrogens with zero attached hydrogens (tertiary/aromatic N) is 2. The number of sulfonamides is 1. The largest absolute Gasteiger partial charge is 0.296 e. The molecule has 0 aliphatic carbocycles. The molecule has 28 heavy (non-hydrogen) atoms. The normalized spacial score (nSPS) is 11.4. The molecule has 0 fully saturated rings. The van der Waals surface area contributed by atoms with E-state index in [4.69, 9.17) is 0 Å². The lowest BCUT2D eigenvalue weighted by Gasteiger charge is -2.09. The van der Waals surface area contributed by atoms with Crippen molar-refractivity contribution in [1.82, 2.24) is 10.2 Å². The van der Waals surface area contributed by atoms with E-state index in [0.717, 1.165) is 0 Å². The molecule has 146 valence electrons. The van der Waals surface area contributed by atoms with E-state index < -0.39 is 27.4 Å². The SMILES string of the molecule is O=C(Nc1nnc(C(F)F)s1)c1cccc(NS(=O)(=O)Cc2ccccc2)c1. The number of alkyl halides is 2. The summed E-state index contributed by atoms with van der Waals surface area (Å²) in [5, 5.41) is 8.54. The number of aromatic nitrogens is 2. The standard InChI is InChI=1S/C17H14F2N4O3S2/c18-14(19)16-21-22-17(27-16)20-15(24)12-7-4-8-13(9-12)23-28(25,26)10-11-5-2-1-3-6-11/h1-9,14,23H,10H2,(H,20,22,24). The van der Waals surface area contributed by atoms with Crippen molar-refractivity contribution >= 4 is 38.1 Å². The Labute approximate surface area is 163 Å². The van der Waals surface area contributed by atoms with Crippen LogP contribution < -0.4 is 10.0 Å². The average molecular weight is 424 g/mol. The fourth-order valence-corrected chi connectivity index (χ4v) is 4.06. The number of hydrogen-bond donors (Lipinski definition) is 2. The first-order chi connectivity index (χ1) is 13.3. The number of nitrogens with one attached hydrogen (secondary N) is 2. The van der Waals surface area contributed by atoms with Gasteiger partial charge in [0.15, 0.2) is 5.01 Å². The summed E-state index contributed by atoms with van der Waals surface area (Å²) < 4.78 is 52.1. The second kappa shape index (κ2) is 8.40. The first-order valence-corrected chi connectivity index (χ1v) is 10.4. The third-order valence-electron chi connectivity index (χ3n) is 3.45. The molecular formula is C17H14F2N4O3S2. The first kappa shape index (κ1) is 19.8. The van der Waals surface area contributed by atoms with E-state index in [1.54, 1.807) is 30.3 Å². The zero-order chi connectivity index (χ0) is 20.1. The Balaban J connectivity index is 1.69. The molecule has 0 aliphatic heterocycles. The summed E-state index contributed by atoms with van der Waals surface area (Å²) in [5.74, 6) is -0.841. The smallest absolute Gasteiger partial charge is 0.291 e. The predicted octanol–water partition coefficient (Wildman–Crippen LogP) is 3.67. The molecule has 7 nitrogen and oxygen atoms in total. The summed E-state index contributed by atoms with van der Waals surface area (Å²) in [4.78, 5) is 12.3. The van der Waals surface area contributed by atoms with Crippen LogP contribution >= 0.6 is 11.3 Å². The Morgan fingerprint density at radius 3 is 2.50 bits per heavy atom. The Bertz CT molecular complexity index is 1070. The van der Waals surface area contributed by atoms with E-state index in [1.165, 1.54) is 24.3 Å². The third kappa shape index (κ3) is 5.30. The average Bonchev–Trinajstić information content (AvgIpc) is 3.11. The van der Waals surface area contributed by atoms with Gasteiger partial charge in [-0.15, -0.1) is 10.2 Å². The molecule has 0 spiro atoms. The van der Waals surface area contributed by atoms with Crippen LogP contribution in [0.15, 0.2) is 54.6 Å². The highest BCUT2D eigenvalue weighted by Crippen LogP contribution is 2.25. The zero-order valence-corrected chi connectivity index (χ0v) is 15.8. The van der Waals surface area contributed by atoms with Gasteiger partial charge in [-0.2, -0.15) is 0 Å². The molecule has 1 heterocycles. The highest BCUT2D eigenvalue weighted by atomic mass is 32.2. The number of carbonyl (C=O) groups is 1. The van der Waals surface area contributed by atoms with Crippen LogP contribution in [0, 0.1) is 0 Å². The van der Waals surface area contributed by atoms with E-state index >= 15 is 0 Å². The van der Waals surface area contributed by atoms with Crippen molar-refractivity contribution in [2.24, 2.45) is 0 Å². The second-order valence-corrected chi connectivity index (χ2v) is 8.36. The van der Waals surface area contributed by atoms with Crippen LogP contribution in [0.4, 0.5) is 19.6 Å². The van der Waals surface area contributed by atoms with E-state index in [1.807, 2.05) is 0 Å². The second-order valence-electron chi connectivity index (χ2n) is 5.63. The van der Waals surface area contributed by atoms with Gasteiger partial charge in [0.05, 0.1) is 5.75 Å². The van der Waals surface area contributed by atoms with Crippen molar-refractivity contribution in [3.63, 3.8) is 0 Å². The number of halogens is 2. The van der Waals surface area contributed by atoms with E-state index in [9.17, 15) is 22.0 Å². The molecule has 2 N–H and O–H groups in total. The molecule has 0 aliphatic rings. The Morgan fingerprint density at radius 2 is 1.82 bits per heavy atom. The minimum Gasteiger partial charge on any atom is -0.296 e. The summed E-state index contributed by atoms with van der Waals surface area (Å²) in [5.41, 5.74) is 0.956. The van der Waals surface area contributed by atoms with Crippen molar-refractivity contribution in [2.75, 3.05) is 10.0 Å². The van der Waals surface area contributed by atoms with Crippen LogP contribution in [0.3, 0.4) is 0 Å². The van der Waals surface area contributed by atoms with Crippen LogP contribution in [-0.4, -0.2) is 24.5 Å². The number of benzene rings is 2. The quantitative estimate of drug-likeness (QED) is 0.603. The minimum absolute atomic E-state index is 0.0737. The van der Waals surface area contributed by atoms with Crippen molar-refractivity contribution in [2.45, 2.75) is 12.2 Å². The van der Waals surface area contributed by atoms with Crippen LogP contribution in [0.25, 0.3) is 0 Å². The maximum atomic E-state index is 12.5. The van der Waals surface area contributed by atoms with Crippen LogP contribution in [0.5, 0.6) is 0 Å². The molecule has 1 amide bonds. The molecule has 11 heteroatoms. The molecule has 0 saturated heterocycles. The van der Waals surface area contributed by atoms with Crippen molar-refractivity contribution in [1.29, 1.82) is 0 Å². The maximum Gasteiger partial charge on any atom is 0.291 e. The molecule has 0 saturated carbocycles. The van der Waals surface area contributed by atoms with E-state index in [2.05, 4.69) is 20.2 Å². The molecule has 0 bridgehead atoms. The van der Waals surface area contributed by atoms with Crippen molar-refractivity contribution in [3.05, 3.63) is 70.7 Å². The number of anilines is 2. The van der Waals surface area contributed by atoms with Gasteiger partial charge in [-0.25, -0.2) is 17.2 Å². The van der Waals surface area contributed by atoms with Crippen LogP contribution in [0.2, 0.25) is 0 Å². The molecular weight excluding hydrogens is 410 g/mol. The first-order valence-electron chi connectivity index (χ1n) is 7.90. The summed E-state index contributed by atoms with van der Waals surface area (Å²) in [6.45, 7) is 0. The van der Waals surface area contributed by atoms with E-state index in [-0.39, 0.29) is 22.1 Å². The van der Waals surface area contributed by atoms with Gasteiger partial charge >= 0.3 is 0 Å². The topological polar surface area (TPSA) is 101 Å².